The van der Waals surface area contributed by atoms with E-state index in [2.05, 4.69) is 5.32 Å². The highest BCUT2D eigenvalue weighted by Gasteiger charge is 2.11. The van der Waals surface area contributed by atoms with Crippen molar-refractivity contribution >= 4 is 5.91 Å². The van der Waals surface area contributed by atoms with E-state index in [9.17, 15) is 9.90 Å². The van der Waals surface area contributed by atoms with E-state index < -0.39 is 6.10 Å². The van der Waals surface area contributed by atoms with Crippen molar-refractivity contribution in [2.75, 3.05) is 7.11 Å². The number of carbonyl (C=O) groups is 1. The zero-order chi connectivity index (χ0) is 12.8. The van der Waals surface area contributed by atoms with E-state index in [1.165, 1.54) is 0 Å². The Balaban J connectivity index is 2.57. The number of methoxy groups -OCH3 is 1. The maximum Gasteiger partial charge on any atom is 0.251 e. The van der Waals surface area contributed by atoms with Crippen LogP contribution in [0.3, 0.4) is 0 Å². The van der Waals surface area contributed by atoms with Crippen LogP contribution in [-0.4, -0.2) is 30.3 Å². The van der Waals surface area contributed by atoms with Gasteiger partial charge in [-0.05, 0) is 44.5 Å². The summed E-state index contributed by atoms with van der Waals surface area (Å²) < 4.78 is 5.02. The first kappa shape index (κ1) is 13.5. The summed E-state index contributed by atoms with van der Waals surface area (Å²) in [6.45, 7) is 3.57. The molecule has 0 spiro atoms. The number of carbonyl (C=O) groups excluding carboxylic acids is 1. The minimum Gasteiger partial charge on any atom is -0.497 e. The molecule has 0 heterocycles. The van der Waals surface area contributed by atoms with Gasteiger partial charge in [-0.3, -0.25) is 4.79 Å². The van der Waals surface area contributed by atoms with E-state index in [0.29, 0.717) is 12.0 Å². The van der Waals surface area contributed by atoms with Crippen molar-refractivity contribution in [1.29, 1.82) is 0 Å². The lowest BCUT2D eigenvalue weighted by atomic mass is 10.1. The fourth-order valence-electron chi connectivity index (χ4n) is 1.62. The van der Waals surface area contributed by atoms with Crippen LogP contribution in [0.2, 0.25) is 0 Å². The summed E-state index contributed by atoms with van der Waals surface area (Å²) in [5.41, 5.74) is 0.586. The molecule has 17 heavy (non-hydrogen) atoms. The lowest BCUT2D eigenvalue weighted by molar-refractivity contribution is 0.0923. The largest absolute Gasteiger partial charge is 0.497 e. The second kappa shape index (κ2) is 6.25. The first-order chi connectivity index (χ1) is 8.02. The molecule has 0 saturated heterocycles. The van der Waals surface area contributed by atoms with E-state index in [-0.39, 0.29) is 11.9 Å². The molecule has 0 aliphatic heterocycles. The van der Waals surface area contributed by atoms with Crippen LogP contribution >= 0.6 is 0 Å². The Hall–Kier alpha value is -1.55. The number of hydrogen-bond acceptors (Lipinski definition) is 3. The highest BCUT2D eigenvalue weighted by atomic mass is 16.5. The highest BCUT2D eigenvalue weighted by Crippen LogP contribution is 2.11. The Labute approximate surface area is 102 Å². The highest BCUT2D eigenvalue weighted by molar-refractivity contribution is 5.94. The maximum absolute atomic E-state index is 11.8. The molecule has 0 aromatic heterocycles. The van der Waals surface area contributed by atoms with E-state index in [1.807, 2.05) is 6.92 Å². The average Bonchev–Trinajstić information content (AvgIpc) is 2.28. The molecule has 0 radical (unpaired) electrons. The average molecular weight is 237 g/mol. The summed E-state index contributed by atoms with van der Waals surface area (Å²) in [5, 5.41) is 12.0. The molecule has 2 atom stereocenters. The van der Waals surface area contributed by atoms with Gasteiger partial charge < -0.3 is 15.2 Å². The van der Waals surface area contributed by atoms with Crippen LogP contribution in [0.25, 0.3) is 0 Å². The van der Waals surface area contributed by atoms with Crippen molar-refractivity contribution in [3.05, 3.63) is 29.8 Å². The number of aliphatic hydroxyl groups excluding tert-OH is 1. The van der Waals surface area contributed by atoms with Gasteiger partial charge >= 0.3 is 0 Å². The molecule has 1 amide bonds. The first-order valence-corrected chi connectivity index (χ1v) is 5.66. The number of hydrogen-bond donors (Lipinski definition) is 2. The van der Waals surface area contributed by atoms with Gasteiger partial charge in [0, 0.05) is 11.6 Å². The predicted molar refractivity (Wildman–Crippen MR) is 66.2 cm³/mol. The third-order valence-electron chi connectivity index (χ3n) is 2.42. The fourth-order valence-corrected chi connectivity index (χ4v) is 1.62. The molecular formula is C13H19NO3. The summed E-state index contributed by atoms with van der Waals surface area (Å²) in [7, 11) is 1.58. The van der Waals surface area contributed by atoms with Crippen molar-refractivity contribution in [2.45, 2.75) is 32.4 Å². The molecule has 0 fully saturated rings. The molecule has 2 unspecified atom stereocenters. The molecule has 2 N–H and O–H groups in total. The van der Waals surface area contributed by atoms with Crippen molar-refractivity contribution in [2.24, 2.45) is 0 Å². The van der Waals surface area contributed by atoms with E-state index in [1.54, 1.807) is 38.3 Å². The number of aliphatic hydroxyl groups is 1. The van der Waals surface area contributed by atoms with Gasteiger partial charge in [0.1, 0.15) is 5.75 Å². The first-order valence-electron chi connectivity index (χ1n) is 5.66. The molecule has 1 rings (SSSR count). The van der Waals surface area contributed by atoms with Crippen molar-refractivity contribution < 1.29 is 14.6 Å². The Bertz CT molecular complexity index is 359. The monoisotopic (exact) mass is 237 g/mol. The normalized spacial score (nSPS) is 13.9. The Morgan fingerprint density at radius 3 is 2.41 bits per heavy atom. The number of rotatable bonds is 5. The predicted octanol–water partition coefficient (Wildman–Crippen LogP) is 1.58. The minimum absolute atomic E-state index is 0.0513. The number of benzene rings is 1. The minimum atomic E-state index is -0.416. The van der Waals surface area contributed by atoms with Crippen LogP contribution in [0.15, 0.2) is 24.3 Å². The summed E-state index contributed by atoms with van der Waals surface area (Å²) in [4.78, 5) is 11.8. The van der Waals surface area contributed by atoms with Crippen LogP contribution in [0.4, 0.5) is 0 Å². The van der Waals surface area contributed by atoms with Gasteiger partial charge in [0.15, 0.2) is 0 Å². The molecule has 4 nitrogen and oxygen atoms in total. The standard InChI is InChI=1S/C13H19NO3/c1-9(8-10(2)15)14-13(16)11-4-6-12(17-3)7-5-11/h4-7,9-10,15H,8H2,1-3H3,(H,14,16). The summed E-state index contributed by atoms with van der Waals surface area (Å²) in [6, 6.07) is 6.86. The van der Waals surface area contributed by atoms with E-state index >= 15 is 0 Å². The van der Waals surface area contributed by atoms with Crippen molar-refractivity contribution in [3.63, 3.8) is 0 Å². The van der Waals surface area contributed by atoms with Crippen LogP contribution in [-0.2, 0) is 0 Å². The zero-order valence-corrected chi connectivity index (χ0v) is 10.4. The molecular weight excluding hydrogens is 218 g/mol. The van der Waals surface area contributed by atoms with Gasteiger partial charge in [0.25, 0.3) is 5.91 Å². The smallest absolute Gasteiger partial charge is 0.251 e. The lowest BCUT2D eigenvalue weighted by Crippen LogP contribution is -2.34. The molecule has 0 bridgehead atoms. The van der Waals surface area contributed by atoms with E-state index in [4.69, 9.17) is 4.74 Å². The Kier molecular flexibility index (Phi) is 4.97. The summed E-state index contributed by atoms with van der Waals surface area (Å²) in [6.07, 6.45) is 0.128. The summed E-state index contributed by atoms with van der Waals surface area (Å²) in [5.74, 6) is 0.583. The maximum atomic E-state index is 11.8. The Morgan fingerprint density at radius 2 is 1.94 bits per heavy atom. The van der Waals surface area contributed by atoms with Crippen molar-refractivity contribution in [3.8, 4) is 5.75 Å². The molecule has 1 aromatic carbocycles. The van der Waals surface area contributed by atoms with Crippen LogP contribution < -0.4 is 10.1 Å². The zero-order valence-electron chi connectivity index (χ0n) is 10.4. The van der Waals surface area contributed by atoms with Gasteiger partial charge in [-0.15, -0.1) is 0 Å². The van der Waals surface area contributed by atoms with Gasteiger partial charge in [0.2, 0.25) is 0 Å². The summed E-state index contributed by atoms with van der Waals surface area (Å²) >= 11 is 0. The molecule has 0 aliphatic carbocycles. The van der Waals surface area contributed by atoms with Gasteiger partial charge in [-0.2, -0.15) is 0 Å². The van der Waals surface area contributed by atoms with Crippen molar-refractivity contribution in [1.82, 2.24) is 5.32 Å². The fraction of sp³-hybridized carbons (Fsp3) is 0.462. The second-order valence-corrected chi connectivity index (χ2v) is 4.19. The number of amides is 1. The van der Waals surface area contributed by atoms with Gasteiger partial charge in [-0.1, -0.05) is 0 Å². The SMILES string of the molecule is COc1ccc(C(=O)NC(C)CC(C)O)cc1. The lowest BCUT2D eigenvalue weighted by Gasteiger charge is -2.15. The number of ether oxygens (including phenoxy) is 1. The molecule has 4 heteroatoms. The van der Waals surface area contributed by atoms with Gasteiger partial charge in [-0.25, -0.2) is 0 Å². The van der Waals surface area contributed by atoms with Gasteiger partial charge in [0.05, 0.1) is 13.2 Å². The second-order valence-electron chi connectivity index (χ2n) is 4.19. The van der Waals surface area contributed by atoms with Crippen LogP contribution in [0, 0.1) is 0 Å². The van der Waals surface area contributed by atoms with Crippen LogP contribution in [0.1, 0.15) is 30.6 Å². The molecule has 1 aromatic rings. The quantitative estimate of drug-likeness (QED) is 0.817. The Morgan fingerprint density at radius 1 is 1.35 bits per heavy atom. The molecule has 0 aliphatic rings. The van der Waals surface area contributed by atoms with Crippen LogP contribution in [0.5, 0.6) is 5.75 Å². The topological polar surface area (TPSA) is 58.6 Å². The van der Waals surface area contributed by atoms with E-state index in [0.717, 1.165) is 5.75 Å². The third kappa shape index (κ3) is 4.44. The third-order valence-corrected chi connectivity index (χ3v) is 2.42. The molecule has 0 saturated carbocycles. The number of nitrogens with one attached hydrogen (secondary N) is 1. The molecule has 94 valence electrons.